The lowest BCUT2D eigenvalue weighted by atomic mass is 10.1. The molecule has 1 aromatic carbocycles. The van der Waals surface area contributed by atoms with E-state index in [1.165, 1.54) is 16.7 Å². The number of hydrogen-bond donors (Lipinski definition) is 1. The molecule has 1 heterocycles. The van der Waals surface area contributed by atoms with Crippen molar-refractivity contribution in [1.29, 1.82) is 0 Å². The second kappa shape index (κ2) is 6.62. The van der Waals surface area contributed by atoms with E-state index in [2.05, 4.69) is 38.2 Å². The van der Waals surface area contributed by atoms with E-state index < -0.39 is 0 Å². The predicted molar refractivity (Wildman–Crippen MR) is 81.1 cm³/mol. The van der Waals surface area contributed by atoms with Crippen LogP contribution in [0, 0.1) is 20.8 Å². The Morgan fingerprint density at radius 2 is 1.75 bits per heavy atom. The highest BCUT2D eigenvalue weighted by molar-refractivity contribution is 5.33. The van der Waals surface area contributed by atoms with Gasteiger partial charge in [0, 0.05) is 12.1 Å². The molecule has 0 bridgehead atoms. The monoisotopic (exact) mass is 273 g/mol. The number of hydrogen-bond acceptors (Lipinski definition) is 3. The van der Waals surface area contributed by atoms with Gasteiger partial charge in [-0.25, -0.2) is 0 Å². The number of nitrogens with one attached hydrogen (secondary N) is 1. The molecule has 3 nitrogen and oxygen atoms in total. The van der Waals surface area contributed by atoms with E-state index in [-0.39, 0.29) is 0 Å². The largest absolute Gasteiger partial charge is 0.486 e. The molecule has 0 radical (unpaired) electrons. The quantitative estimate of drug-likeness (QED) is 0.867. The standard InChI is InChI=1S/C17H23NO2/c1-5-18-10-15-9-17(20-14(15)4)11-19-16-7-12(2)6-13(3)8-16/h6-9,18H,5,10-11H2,1-4H3. The third-order valence-corrected chi connectivity index (χ3v) is 3.21. The van der Waals surface area contributed by atoms with Crippen LogP contribution in [0.2, 0.25) is 0 Å². The zero-order valence-electron chi connectivity index (χ0n) is 12.7. The Balaban J connectivity index is 2.00. The molecule has 0 spiro atoms. The maximum Gasteiger partial charge on any atom is 0.146 e. The predicted octanol–water partition coefficient (Wildman–Crippen LogP) is 3.89. The van der Waals surface area contributed by atoms with Crippen molar-refractivity contribution < 1.29 is 9.15 Å². The fourth-order valence-electron chi connectivity index (χ4n) is 2.26. The molecule has 108 valence electrons. The van der Waals surface area contributed by atoms with Crippen molar-refractivity contribution in [3.8, 4) is 5.75 Å². The smallest absolute Gasteiger partial charge is 0.146 e. The summed E-state index contributed by atoms with van der Waals surface area (Å²) in [5.74, 6) is 2.73. The van der Waals surface area contributed by atoms with Crippen LogP contribution in [-0.4, -0.2) is 6.54 Å². The van der Waals surface area contributed by atoms with Crippen molar-refractivity contribution >= 4 is 0 Å². The summed E-state index contributed by atoms with van der Waals surface area (Å²) in [7, 11) is 0. The van der Waals surface area contributed by atoms with E-state index in [0.717, 1.165) is 30.4 Å². The second-order valence-electron chi connectivity index (χ2n) is 5.19. The highest BCUT2D eigenvalue weighted by atomic mass is 16.5. The number of furan rings is 1. The van der Waals surface area contributed by atoms with Crippen LogP contribution < -0.4 is 10.1 Å². The number of rotatable bonds is 6. The lowest BCUT2D eigenvalue weighted by molar-refractivity contribution is 0.267. The van der Waals surface area contributed by atoms with Crippen molar-refractivity contribution in [3.05, 3.63) is 52.5 Å². The fraction of sp³-hybridized carbons (Fsp3) is 0.412. The first-order valence-electron chi connectivity index (χ1n) is 7.08. The van der Waals surface area contributed by atoms with Crippen LogP contribution in [0.15, 0.2) is 28.7 Å². The first-order valence-corrected chi connectivity index (χ1v) is 7.08. The highest BCUT2D eigenvalue weighted by Crippen LogP contribution is 2.20. The van der Waals surface area contributed by atoms with E-state index in [1.54, 1.807) is 0 Å². The summed E-state index contributed by atoms with van der Waals surface area (Å²) in [6, 6.07) is 8.30. The van der Waals surface area contributed by atoms with Gasteiger partial charge in [-0.2, -0.15) is 0 Å². The van der Waals surface area contributed by atoms with E-state index in [9.17, 15) is 0 Å². The van der Waals surface area contributed by atoms with Gasteiger partial charge in [-0.3, -0.25) is 0 Å². The van der Waals surface area contributed by atoms with E-state index >= 15 is 0 Å². The van der Waals surface area contributed by atoms with Crippen LogP contribution in [0.4, 0.5) is 0 Å². The van der Waals surface area contributed by atoms with E-state index in [0.29, 0.717) is 6.61 Å². The van der Waals surface area contributed by atoms with Gasteiger partial charge in [0.05, 0.1) is 0 Å². The summed E-state index contributed by atoms with van der Waals surface area (Å²) in [5, 5.41) is 3.31. The normalized spacial score (nSPS) is 10.8. The molecule has 0 atom stereocenters. The zero-order chi connectivity index (χ0) is 14.5. The Morgan fingerprint density at radius 3 is 2.40 bits per heavy atom. The first kappa shape index (κ1) is 14.7. The third kappa shape index (κ3) is 3.87. The Hall–Kier alpha value is -1.74. The summed E-state index contributed by atoms with van der Waals surface area (Å²) in [6.45, 7) is 10.5. The van der Waals surface area contributed by atoms with Crippen molar-refractivity contribution in [3.63, 3.8) is 0 Å². The minimum atomic E-state index is 0.468. The molecular weight excluding hydrogens is 250 g/mol. The van der Waals surface area contributed by atoms with Crippen LogP contribution in [0.1, 0.15) is 35.1 Å². The highest BCUT2D eigenvalue weighted by Gasteiger charge is 2.08. The zero-order valence-corrected chi connectivity index (χ0v) is 12.7. The van der Waals surface area contributed by atoms with Gasteiger partial charge in [-0.15, -0.1) is 0 Å². The van der Waals surface area contributed by atoms with Crippen molar-refractivity contribution in [2.24, 2.45) is 0 Å². The summed E-state index contributed by atoms with van der Waals surface area (Å²) in [4.78, 5) is 0. The number of benzene rings is 1. The van der Waals surface area contributed by atoms with Gasteiger partial charge in [-0.05, 0) is 56.6 Å². The van der Waals surface area contributed by atoms with Crippen LogP contribution in [0.25, 0.3) is 0 Å². The maximum absolute atomic E-state index is 5.81. The van der Waals surface area contributed by atoms with Crippen molar-refractivity contribution in [2.75, 3.05) is 6.54 Å². The van der Waals surface area contributed by atoms with Gasteiger partial charge in [-0.1, -0.05) is 13.0 Å². The molecule has 2 rings (SSSR count). The molecular formula is C17H23NO2. The number of ether oxygens (including phenoxy) is 1. The first-order chi connectivity index (χ1) is 9.58. The van der Waals surface area contributed by atoms with E-state index in [1.807, 2.05) is 19.1 Å². The topological polar surface area (TPSA) is 34.4 Å². The molecule has 0 amide bonds. The molecule has 2 aromatic rings. The summed E-state index contributed by atoms with van der Waals surface area (Å²) >= 11 is 0. The van der Waals surface area contributed by atoms with Gasteiger partial charge in [0.2, 0.25) is 0 Å². The molecule has 1 aromatic heterocycles. The van der Waals surface area contributed by atoms with Gasteiger partial charge >= 0.3 is 0 Å². The minimum Gasteiger partial charge on any atom is -0.486 e. The summed E-state index contributed by atoms with van der Waals surface area (Å²) < 4.78 is 11.5. The van der Waals surface area contributed by atoms with Gasteiger partial charge in [0.25, 0.3) is 0 Å². The second-order valence-corrected chi connectivity index (χ2v) is 5.19. The van der Waals surface area contributed by atoms with Crippen molar-refractivity contribution in [1.82, 2.24) is 5.32 Å². The van der Waals surface area contributed by atoms with Crippen molar-refractivity contribution in [2.45, 2.75) is 40.8 Å². The lowest BCUT2D eigenvalue weighted by Crippen LogP contribution is -2.11. The Kier molecular flexibility index (Phi) is 4.85. The molecule has 0 aliphatic rings. The molecule has 20 heavy (non-hydrogen) atoms. The third-order valence-electron chi connectivity index (χ3n) is 3.21. The molecule has 0 aliphatic heterocycles. The van der Waals surface area contributed by atoms with Crippen LogP contribution >= 0.6 is 0 Å². The fourth-order valence-corrected chi connectivity index (χ4v) is 2.26. The average Bonchev–Trinajstić information content (AvgIpc) is 2.73. The summed E-state index contributed by atoms with van der Waals surface area (Å²) in [5.41, 5.74) is 3.62. The Labute approximate surface area is 121 Å². The van der Waals surface area contributed by atoms with Gasteiger partial charge in [0.15, 0.2) is 0 Å². The van der Waals surface area contributed by atoms with Crippen LogP contribution in [0.5, 0.6) is 5.75 Å². The Morgan fingerprint density at radius 1 is 1.05 bits per heavy atom. The molecule has 0 aliphatic carbocycles. The molecule has 0 saturated carbocycles. The van der Waals surface area contributed by atoms with Gasteiger partial charge in [0.1, 0.15) is 23.9 Å². The Bertz CT molecular complexity index is 552. The minimum absolute atomic E-state index is 0.468. The summed E-state index contributed by atoms with van der Waals surface area (Å²) in [6.07, 6.45) is 0. The molecule has 0 fully saturated rings. The van der Waals surface area contributed by atoms with Crippen LogP contribution in [0.3, 0.4) is 0 Å². The molecule has 0 saturated heterocycles. The maximum atomic E-state index is 5.81. The number of aryl methyl sites for hydroxylation is 3. The lowest BCUT2D eigenvalue weighted by Gasteiger charge is -2.06. The molecule has 1 N–H and O–H groups in total. The molecule has 0 unspecified atom stereocenters. The molecule has 3 heteroatoms. The average molecular weight is 273 g/mol. The van der Waals surface area contributed by atoms with Crippen LogP contribution in [-0.2, 0) is 13.2 Å². The van der Waals surface area contributed by atoms with E-state index in [4.69, 9.17) is 9.15 Å². The van der Waals surface area contributed by atoms with Gasteiger partial charge < -0.3 is 14.5 Å². The SMILES string of the molecule is CCNCc1cc(COc2cc(C)cc(C)c2)oc1C.